The molecule has 6 heteroatoms. The molecule has 1 spiro atoms. The van der Waals surface area contributed by atoms with E-state index in [0.29, 0.717) is 45.5 Å². The Morgan fingerprint density at radius 3 is 2.56 bits per heavy atom. The van der Waals surface area contributed by atoms with Crippen molar-refractivity contribution >= 4 is 12.0 Å². The number of piperidine rings is 1. The molecule has 2 heterocycles. The number of nitrogens with zero attached hydrogens (tertiary/aromatic N) is 2. The topological polar surface area (TPSA) is 59.1 Å². The molecule has 0 unspecified atom stereocenters. The molecule has 2 aliphatic rings. The molecule has 0 atom stereocenters. The quantitative estimate of drug-likeness (QED) is 0.744. The van der Waals surface area contributed by atoms with Gasteiger partial charge in [-0.15, -0.1) is 0 Å². The maximum Gasteiger partial charge on any atom is 0.409 e. The third-order valence-electron chi connectivity index (χ3n) is 3.54. The Labute approximate surface area is 107 Å². The van der Waals surface area contributed by atoms with Gasteiger partial charge in [0.1, 0.15) is 5.60 Å². The second kappa shape index (κ2) is 5.14. The number of hydroxylamine groups is 2. The predicted molar refractivity (Wildman–Crippen MR) is 63.6 cm³/mol. The van der Waals surface area contributed by atoms with E-state index in [4.69, 9.17) is 9.57 Å². The van der Waals surface area contributed by atoms with Crippen molar-refractivity contribution in [1.29, 1.82) is 0 Å². The zero-order valence-corrected chi connectivity index (χ0v) is 11.0. The highest BCUT2D eigenvalue weighted by molar-refractivity contribution is 5.78. The number of likely N-dealkylation sites (tertiary alicyclic amines) is 1. The van der Waals surface area contributed by atoms with Gasteiger partial charge in [-0.2, -0.15) is 0 Å². The summed E-state index contributed by atoms with van der Waals surface area (Å²) in [5, 5.41) is 1.43. The molecule has 18 heavy (non-hydrogen) atoms. The Morgan fingerprint density at radius 2 is 2.06 bits per heavy atom. The van der Waals surface area contributed by atoms with Crippen LogP contribution in [0.2, 0.25) is 0 Å². The molecule has 0 bridgehead atoms. The van der Waals surface area contributed by atoms with E-state index in [1.807, 2.05) is 6.92 Å². The van der Waals surface area contributed by atoms with Gasteiger partial charge in [-0.3, -0.25) is 9.63 Å². The van der Waals surface area contributed by atoms with Crippen LogP contribution in [0.1, 0.15) is 33.1 Å². The molecule has 2 rings (SSSR count). The summed E-state index contributed by atoms with van der Waals surface area (Å²) in [6.07, 6.45) is 1.53. The summed E-state index contributed by atoms with van der Waals surface area (Å²) in [6, 6.07) is 0. The first kappa shape index (κ1) is 13.1. The summed E-state index contributed by atoms with van der Waals surface area (Å²) in [7, 11) is 0. The maximum atomic E-state index is 11.7. The molecule has 2 aliphatic heterocycles. The molecule has 0 aromatic rings. The molecule has 0 aromatic carbocycles. The van der Waals surface area contributed by atoms with Crippen molar-refractivity contribution in [2.24, 2.45) is 0 Å². The smallest absolute Gasteiger partial charge is 0.409 e. The zero-order chi connectivity index (χ0) is 13.2. The summed E-state index contributed by atoms with van der Waals surface area (Å²) in [5.41, 5.74) is -0.393. The fraction of sp³-hybridized carbons (Fsp3) is 0.833. The SMILES string of the molecule is CCOC(=O)N1CCC2(CC1)CC(=O)N(CC)O2. The summed E-state index contributed by atoms with van der Waals surface area (Å²) >= 11 is 0. The lowest BCUT2D eigenvalue weighted by Crippen LogP contribution is -2.47. The van der Waals surface area contributed by atoms with Crippen molar-refractivity contribution in [3.63, 3.8) is 0 Å². The van der Waals surface area contributed by atoms with Crippen LogP contribution in [0.3, 0.4) is 0 Å². The number of ether oxygens (including phenoxy) is 1. The van der Waals surface area contributed by atoms with Crippen LogP contribution in [0.4, 0.5) is 4.79 Å². The Morgan fingerprint density at radius 1 is 1.39 bits per heavy atom. The summed E-state index contributed by atoms with van der Waals surface area (Å²) in [4.78, 5) is 30.7. The van der Waals surface area contributed by atoms with Gasteiger partial charge in [-0.1, -0.05) is 0 Å². The monoisotopic (exact) mass is 256 g/mol. The number of amides is 2. The van der Waals surface area contributed by atoms with Crippen molar-refractivity contribution in [3.8, 4) is 0 Å². The van der Waals surface area contributed by atoms with E-state index in [1.54, 1.807) is 11.8 Å². The number of carbonyl (C=O) groups is 2. The molecule has 0 radical (unpaired) electrons. The van der Waals surface area contributed by atoms with Crippen LogP contribution >= 0.6 is 0 Å². The Hall–Kier alpha value is -1.30. The minimum absolute atomic E-state index is 0.0436. The Bertz CT molecular complexity index is 337. The first-order valence-electron chi connectivity index (χ1n) is 6.51. The van der Waals surface area contributed by atoms with Gasteiger partial charge in [-0.05, 0) is 26.7 Å². The lowest BCUT2D eigenvalue weighted by atomic mass is 9.89. The first-order valence-corrected chi connectivity index (χ1v) is 6.51. The third kappa shape index (κ3) is 2.43. The van der Waals surface area contributed by atoms with Gasteiger partial charge in [0.05, 0.1) is 13.0 Å². The average Bonchev–Trinajstić information content (AvgIpc) is 2.67. The van der Waals surface area contributed by atoms with Gasteiger partial charge in [-0.25, -0.2) is 9.86 Å². The molecule has 0 aliphatic carbocycles. The molecule has 2 saturated heterocycles. The van der Waals surface area contributed by atoms with Gasteiger partial charge in [0.2, 0.25) is 5.91 Å². The largest absolute Gasteiger partial charge is 0.450 e. The van der Waals surface area contributed by atoms with Gasteiger partial charge in [0.25, 0.3) is 0 Å². The normalized spacial score (nSPS) is 22.7. The van der Waals surface area contributed by atoms with E-state index >= 15 is 0 Å². The van der Waals surface area contributed by atoms with Gasteiger partial charge in [0, 0.05) is 19.6 Å². The van der Waals surface area contributed by atoms with E-state index in [9.17, 15) is 9.59 Å². The number of carbonyl (C=O) groups excluding carboxylic acids is 2. The molecule has 0 aromatic heterocycles. The Balaban J connectivity index is 1.91. The minimum Gasteiger partial charge on any atom is -0.450 e. The highest BCUT2D eigenvalue weighted by Gasteiger charge is 2.47. The molecule has 2 amide bonds. The lowest BCUT2D eigenvalue weighted by Gasteiger charge is -2.37. The Kier molecular flexibility index (Phi) is 3.75. The van der Waals surface area contributed by atoms with Crippen LogP contribution in [-0.2, 0) is 14.4 Å². The van der Waals surface area contributed by atoms with Crippen LogP contribution in [0.5, 0.6) is 0 Å². The lowest BCUT2D eigenvalue weighted by molar-refractivity contribution is -0.207. The van der Waals surface area contributed by atoms with Crippen LogP contribution in [-0.4, -0.2) is 53.8 Å². The summed E-state index contributed by atoms with van der Waals surface area (Å²) in [5.74, 6) is 0.0436. The van der Waals surface area contributed by atoms with Gasteiger partial charge >= 0.3 is 6.09 Å². The van der Waals surface area contributed by atoms with Crippen molar-refractivity contribution in [3.05, 3.63) is 0 Å². The number of hydrogen-bond donors (Lipinski definition) is 0. The fourth-order valence-corrected chi connectivity index (χ4v) is 2.50. The van der Waals surface area contributed by atoms with Crippen molar-refractivity contribution in [2.75, 3.05) is 26.2 Å². The number of hydrogen-bond acceptors (Lipinski definition) is 4. The second-order valence-corrected chi connectivity index (χ2v) is 4.73. The van der Waals surface area contributed by atoms with Gasteiger partial charge < -0.3 is 9.64 Å². The molecule has 102 valence electrons. The van der Waals surface area contributed by atoms with E-state index in [1.165, 1.54) is 5.06 Å². The van der Waals surface area contributed by atoms with E-state index in [2.05, 4.69) is 0 Å². The average molecular weight is 256 g/mol. The molecular weight excluding hydrogens is 236 g/mol. The van der Waals surface area contributed by atoms with E-state index < -0.39 is 5.60 Å². The molecule has 6 nitrogen and oxygen atoms in total. The highest BCUT2D eigenvalue weighted by Crippen LogP contribution is 2.36. The van der Waals surface area contributed by atoms with E-state index in [0.717, 1.165) is 0 Å². The zero-order valence-electron chi connectivity index (χ0n) is 11.0. The molecule has 0 saturated carbocycles. The standard InChI is InChI=1S/C12H20N2O4/c1-3-14-10(15)9-12(18-14)5-7-13(8-6-12)11(16)17-4-2/h3-9H2,1-2H3. The van der Waals surface area contributed by atoms with Crippen LogP contribution in [0.15, 0.2) is 0 Å². The predicted octanol–water partition coefficient (Wildman–Crippen LogP) is 1.16. The molecule has 0 N–H and O–H groups in total. The highest BCUT2D eigenvalue weighted by atomic mass is 16.7. The first-order chi connectivity index (χ1) is 8.60. The van der Waals surface area contributed by atoms with Crippen LogP contribution in [0, 0.1) is 0 Å². The van der Waals surface area contributed by atoms with Crippen LogP contribution in [0.25, 0.3) is 0 Å². The van der Waals surface area contributed by atoms with Crippen molar-refractivity contribution in [2.45, 2.75) is 38.7 Å². The summed E-state index contributed by atoms with van der Waals surface area (Å²) in [6.45, 7) is 5.82. The fourth-order valence-electron chi connectivity index (χ4n) is 2.50. The molecule has 2 fully saturated rings. The van der Waals surface area contributed by atoms with Crippen molar-refractivity contribution in [1.82, 2.24) is 9.96 Å². The minimum atomic E-state index is -0.393. The van der Waals surface area contributed by atoms with E-state index in [-0.39, 0.29) is 12.0 Å². The van der Waals surface area contributed by atoms with Crippen molar-refractivity contribution < 1.29 is 19.2 Å². The third-order valence-corrected chi connectivity index (χ3v) is 3.54. The number of rotatable bonds is 2. The maximum absolute atomic E-state index is 11.7. The summed E-state index contributed by atoms with van der Waals surface area (Å²) < 4.78 is 4.96. The van der Waals surface area contributed by atoms with Gasteiger partial charge in [0.15, 0.2) is 0 Å². The second-order valence-electron chi connectivity index (χ2n) is 4.73. The van der Waals surface area contributed by atoms with Crippen LogP contribution < -0.4 is 0 Å². The molecular formula is C12H20N2O4.